The SMILES string of the molecule is COc1ccc2c3c1O[C@H]1C(OC(=O)[C@@H](O)c4ccccc4)=CC[C@@]4(O)[C@H](CCC[C@]314)C2. The molecule has 0 amide bonds. The fourth-order valence-corrected chi connectivity index (χ4v) is 6.63. The molecule has 1 saturated carbocycles. The molecule has 0 radical (unpaired) electrons. The van der Waals surface area contributed by atoms with Crippen LogP contribution in [-0.2, 0) is 21.4 Å². The Hall–Kier alpha value is -2.83. The molecular weight excluding hydrogens is 408 g/mol. The number of carbonyl (C=O) groups is 1. The maximum atomic E-state index is 12.9. The van der Waals surface area contributed by atoms with Crippen molar-refractivity contribution in [2.45, 2.75) is 55.3 Å². The van der Waals surface area contributed by atoms with Gasteiger partial charge in [-0.2, -0.15) is 0 Å². The zero-order chi connectivity index (χ0) is 22.1. The van der Waals surface area contributed by atoms with Gasteiger partial charge < -0.3 is 24.4 Å². The van der Waals surface area contributed by atoms with E-state index in [1.165, 1.54) is 5.56 Å². The van der Waals surface area contributed by atoms with Crippen LogP contribution in [0, 0.1) is 5.92 Å². The first-order valence-electron chi connectivity index (χ1n) is 11.2. The molecule has 1 spiro atoms. The number of hydrogen-bond donors (Lipinski definition) is 2. The van der Waals surface area contributed by atoms with E-state index in [0.29, 0.717) is 29.2 Å². The highest BCUT2D eigenvalue weighted by Gasteiger charge is 2.70. The van der Waals surface area contributed by atoms with Crippen molar-refractivity contribution in [3.8, 4) is 11.5 Å². The van der Waals surface area contributed by atoms with Gasteiger partial charge in [0.15, 0.2) is 23.7 Å². The molecule has 2 bridgehead atoms. The summed E-state index contributed by atoms with van der Waals surface area (Å²) in [6.07, 6.45) is 3.61. The Kier molecular flexibility index (Phi) is 4.23. The number of benzene rings is 2. The number of rotatable bonds is 4. The minimum atomic E-state index is -1.39. The number of carbonyl (C=O) groups excluding carboxylic acids is 1. The summed E-state index contributed by atoms with van der Waals surface area (Å²) in [7, 11) is 1.60. The Bertz CT molecular complexity index is 1120. The largest absolute Gasteiger partial charge is 0.493 e. The molecule has 166 valence electrons. The molecule has 6 nitrogen and oxygen atoms in total. The summed E-state index contributed by atoms with van der Waals surface area (Å²) in [6.45, 7) is 0. The lowest BCUT2D eigenvalue weighted by atomic mass is 9.47. The lowest BCUT2D eigenvalue weighted by Gasteiger charge is -2.59. The van der Waals surface area contributed by atoms with Gasteiger partial charge in [-0.15, -0.1) is 0 Å². The topological polar surface area (TPSA) is 85.2 Å². The molecule has 0 unspecified atom stereocenters. The zero-order valence-electron chi connectivity index (χ0n) is 17.9. The summed E-state index contributed by atoms with van der Waals surface area (Å²) in [5.41, 5.74) is 1.00. The zero-order valence-corrected chi connectivity index (χ0v) is 17.9. The number of aliphatic hydroxyl groups is 2. The summed E-state index contributed by atoms with van der Waals surface area (Å²) in [5.74, 6) is 0.994. The Morgan fingerprint density at radius 3 is 2.81 bits per heavy atom. The summed E-state index contributed by atoms with van der Waals surface area (Å²) < 4.78 is 17.8. The molecule has 3 aliphatic carbocycles. The minimum Gasteiger partial charge on any atom is -0.493 e. The third-order valence-electron chi connectivity index (χ3n) is 8.02. The Labute approximate surface area is 186 Å². The highest BCUT2D eigenvalue weighted by Crippen LogP contribution is 2.67. The van der Waals surface area contributed by atoms with Crippen molar-refractivity contribution in [1.29, 1.82) is 0 Å². The van der Waals surface area contributed by atoms with Gasteiger partial charge in [-0.25, -0.2) is 4.79 Å². The van der Waals surface area contributed by atoms with Crippen molar-refractivity contribution < 1.29 is 29.2 Å². The van der Waals surface area contributed by atoms with E-state index in [-0.39, 0.29) is 5.92 Å². The van der Waals surface area contributed by atoms with Crippen molar-refractivity contribution in [3.63, 3.8) is 0 Å². The molecule has 1 aliphatic heterocycles. The molecule has 1 fully saturated rings. The quantitative estimate of drug-likeness (QED) is 0.718. The maximum Gasteiger partial charge on any atom is 0.344 e. The van der Waals surface area contributed by atoms with Crippen molar-refractivity contribution in [3.05, 3.63) is 71.0 Å². The average Bonchev–Trinajstić information content (AvgIpc) is 3.15. The van der Waals surface area contributed by atoms with Crippen molar-refractivity contribution >= 4 is 5.97 Å². The normalized spacial score (nSPS) is 32.3. The van der Waals surface area contributed by atoms with Crippen LogP contribution in [0.4, 0.5) is 0 Å². The number of ether oxygens (including phenoxy) is 3. The first kappa shape index (κ1) is 19.8. The van der Waals surface area contributed by atoms with Crippen LogP contribution in [0.25, 0.3) is 0 Å². The van der Waals surface area contributed by atoms with Gasteiger partial charge in [-0.3, -0.25) is 0 Å². The van der Waals surface area contributed by atoms with Gasteiger partial charge in [0.1, 0.15) is 5.76 Å². The van der Waals surface area contributed by atoms with Crippen LogP contribution in [-0.4, -0.2) is 35.0 Å². The van der Waals surface area contributed by atoms with Gasteiger partial charge in [0.05, 0.1) is 18.1 Å². The van der Waals surface area contributed by atoms with E-state index >= 15 is 0 Å². The standard InChI is InChI=1S/C26H26O6/c1-30-18-10-9-16-14-17-8-5-12-25-20(16)22(18)32-23(25)19(11-13-26(17,25)29)31-24(28)21(27)15-6-3-2-4-7-15/h2-4,6-7,9-11,17,21,23,27,29H,5,8,12-14H2,1H3/t17-,21+,23+,25+,26-/m1/s1. The van der Waals surface area contributed by atoms with Crippen LogP contribution >= 0.6 is 0 Å². The van der Waals surface area contributed by atoms with Crippen molar-refractivity contribution in [1.82, 2.24) is 0 Å². The third kappa shape index (κ3) is 2.39. The average molecular weight is 434 g/mol. The highest BCUT2D eigenvalue weighted by atomic mass is 16.6. The van der Waals surface area contributed by atoms with E-state index in [4.69, 9.17) is 14.2 Å². The van der Waals surface area contributed by atoms with E-state index in [9.17, 15) is 15.0 Å². The number of esters is 1. The Morgan fingerprint density at radius 2 is 2.03 bits per heavy atom. The molecule has 32 heavy (non-hydrogen) atoms. The first-order valence-corrected chi connectivity index (χ1v) is 11.2. The summed E-state index contributed by atoms with van der Waals surface area (Å²) in [4.78, 5) is 12.9. The monoisotopic (exact) mass is 434 g/mol. The lowest BCUT2D eigenvalue weighted by molar-refractivity contribution is -0.165. The molecule has 6 rings (SSSR count). The molecule has 4 aliphatic rings. The van der Waals surface area contributed by atoms with Crippen molar-refractivity contribution in [2.24, 2.45) is 5.92 Å². The molecule has 2 aromatic rings. The van der Waals surface area contributed by atoms with E-state index in [0.717, 1.165) is 31.2 Å². The van der Waals surface area contributed by atoms with Gasteiger partial charge >= 0.3 is 5.97 Å². The van der Waals surface area contributed by atoms with Crippen LogP contribution in [0.2, 0.25) is 0 Å². The fraction of sp³-hybridized carbons (Fsp3) is 0.423. The molecule has 1 heterocycles. The van der Waals surface area contributed by atoms with Gasteiger partial charge in [-0.05, 0) is 54.9 Å². The molecule has 0 saturated heterocycles. The smallest absolute Gasteiger partial charge is 0.344 e. The molecule has 2 N–H and O–H groups in total. The second-order valence-corrected chi connectivity index (χ2v) is 9.36. The molecule has 0 aromatic heterocycles. The fourth-order valence-electron chi connectivity index (χ4n) is 6.63. The second kappa shape index (κ2) is 6.83. The van der Waals surface area contributed by atoms with E-state index in [2.05, 4.69) is 6.07 Å². The second-order valence-electron chi connectivity index (χ2n) is 9.36. The molecule has 5 atom stereocenters. The van der Waals surface area contributed by atoms with Crippen LogP contribution in [0.1, 0.15) is 48.5 Å². The van der Waals surface area contributed by atoms with Crippen LogP contribution in [0.5, 0.6) is 11.5 Å². The third-order valence-corrected chi connectivity index (χ3v) is 8.02. The van der Waals surface area contributed by atoms with Gasteiger partial charge in [0.25, 0.3) is 0 Å². The van der Waals surface area contributed by atoms with E-state index in [1.54, 1.807) is 37.5 Å². The van der Waals surface area contributed by atoms with Gasteiger partial charge in [0.2, 0.25) is 0 Å². The van der Waals surface area contributed by atoms with Crippen molar-refractivity contribution in [2.75, 3.05) is 7.11 Å². The molecular formula is C26H26O6. The predicted molar refractivity (Wildman–Crippen MR) is 115 cm³/mol. The molecule has 6 heteroatoms. The highest BCUT2D eigenvalue weighted by molar-refractivity contribution is 5.77. The number of hydrogen-bond acceptors (Lipinski definition) is 6. The van der Waals surface area contributed by atoms with Crippen LogP contribution in [0.3, 0.4) is 0 Å². The predicted octanol–water partition coefficient (Wildman–Crippen LogP) is 3.35. The van der Waals surface area contributed by atoms with Crippen LogP contribution in [0.15, 0.2) is 54.3 Å². The summed E-state index contributed by atoms with van der Waals surface area (Å²) in [5, 5.41) is 22.6. The van der Waals surface area contributed by atoms with Crippen LogP contribution < -0.4 is 9.47 Å². The Balaban J connectivity index is 1.42. The maximum absolute atomic E-state index is 12.9. The van der Waals surface area contributed by atoms with E-state index < -0.39 is 29.2 Å². The molecule has 2 aromatic carbocycles. The van der Waals surface area contributed by atoms with Gasteiger partial charge in [-0.1, -0.05) is 42.8 Å². The van der Waals surface area contributed by atoms with Gasteiger partial charge in [0, 0.05) is 5.56 Å². The van der Waals surface area contributed by atoms with E-state index in [1.807, 2.05) is 12.1 Å². The lowest BCUT2D eigenvalue weighted by Crippen LogP contribution is -2.67. The number of aliphatic hydroxyl groups excluding tert-OH is 1. The summed E-state index contributed by atoms with van der Waals surface area (Å²) in [6, 6.07) is 12.7. The Morgan fingerprint density at radius 1 is 1.22 bits per heavy atom. The minimum absolute atomic E-state index is 0.123. The summed E-state index contributed by atoms with van der Waals surface area (Å²) >= 11 is 0. The number of methoxy groups -OCH3 is 1. The first-order chi connectivity index (χ1) is 15.5.